The number of carbonyl (C=O) groups excluding carboxylic acids is 2. The number of benzene rings is 3. The fourth-order valence-corrected chi connectivity index (χ4v) is 3.65. The number of fused-ring (bicyclic) bond motifs is 1. The first-order valence-electron chi connectivity index (χ1n) is 9.86. The second-order valence-electron chi connectivity index (χ2n) is 7.24. The molecule has 3 aromatic carbocycles. The van der Waals surface area contributed by atoms with E-state index in [-0.39, 0.29) is 17.5 Å². The van der Waals surface area contributed by atoms with Crippen molar-refractivity contribution >= 4 is 50.7 Å². The average molecular weight is 556 g/mol. The molecule has 0 fully saturated rings. The van der Waals surface area contributed by atoms with Crippen molar-refractivity contribution in [3.63, 3.8) is 0 Å². The predicted octanol–water partition coefficient (Wildman–Crippen LogP) is 6.54. The molecule has 0 radical (unpaired) electrons. The van der Waals surface area contributed by atoms with Gasteiger partial charge in [0.25, 0.3) is 0 Å². The molecule has 6 nitrogen and oxygen atoms in total. The number of hydrogen-bond acceptors (Lipinski definition) is 4. The predicted molar refractivity (Wildman–Crippen MR) is 129 cm³/mol. The third kappa shape index (κ3) is 6.72. The normalized spacial score (nSPS) is 14.8. The molecule has 0 saturated carbocycles. The van der Waals surface area contributed by atoms with Crippen LogP contribution in [0.25, 0.3) is 0 Å². The number of nitrogens with one attached hydrogen (secondary N) is 3. The maximum Gasteiger partial charge on any atom is 0.416 e. The van der Waals surface area contributed by atoms with E-state index in [0.29, 0.717) is 17.0 Å². The maximum atomic E-state index is 12.2. The first-order chi connectivity index (χ1) is 16.1. The quantitative estimate of drug-likeness (QED) is 0.164. The van der Waals surface area contributed by atoms with Crippen molar-refractivity contribution in [3.05, 3.63) is 92.9 Å². The minimum absolute atomic E-state index is 0.0225. The molecule has 11 heteroatoms. The second-order valence-corrected chi connectivity index (χ2v) is 8.59. The lowest BCUT2D eigenvalue weighted by Gasteiger charge is -2.26. The molecule has 178 valence electrons. The van der Waals surface area contributed by atoms with Gasteiger partial charge in [0.05, 0.1) is 11.6 Å². The molecule has 1 aliphatic rings. The van der Waals surface area contributed by atoms with Crippen LogP contribution in [-0.2, 0) is 6.18 Å². The van der Waals surface area contributed by atoms with E-state index in [0.717, 1.165) is 40.0 Å². The molecule has 1 heterocycles. The van der Waals surface area contributed by atoms with Gasteiger partial charge >= 0.3 is 12.2 Å². The van der Waals surface area contributed by atoms with Crippen molar-refractivity contribution in [3.8, 4) is 0 Å². The Kier molecular flexibility index (Phi) is 8.19. The highest BCUT2D eigenvalue weighted by Crippen LogP contribution is 2.34. The zero-order valence-corrected chi connectivity index (χ0v) is 19.8. The summed E-state index contributed by atoms with van der Waals surface area (Å²) >= 11 is 9.34. The molecule has 0 aliphatic carbocycles. The van der Waals surface area contributed by atoms with Crippen molar-refractivity contribution in [1.82, 2.24) is 5.43 Å². The summed E-state index contributed by atoms with van der Waals surface area (Å²) in [7, 11) is 0. The number of Topliss-reactive ketones (excluding diaryl/α,β-unsaturated/α-hetero) is 1. The fraction of sp³-hybridized carbons (Fsp3) is 0.130. The number of rotatable bonds is 2. The average Bonchev–Trinajstić information content (AvgIpc) is 2.80. The Bertz CT molecular complexity index is 1170. The molecule has 0 bridgehead atoms. The van der Waals surface area contributed by atoms with Gasteiger partial charge in [-0.25, -0.2) is 10.6 Å². The number of hydrogen-bond donors (Lipinski definition) is 4. The van der Waals surface area contributed by atoms with Crippen LogP contribution in [0.1, 0.15) is 33.9 Å². The summed E-state index contributed by atoms with van der Waals surface area (Å²) in [6, 6.07) is 16.7. The van der Waals surface area contributed by atoms with Crippen molar-refractivity contribution in [2.45, 2.75) is 18.6 Å². The molecule has 1 aliphatic heterocycles. The Morgan fingerprint density at radius 2 is 1.71 bits per heavy atom. The molecule has 0 saturated heterocycles. The van der Waals surface area contributed by atoms with Crippen molar-refractivity contribution in [2.24, 2.45) is 5.84 Å². The van der Waals surface area contributed by atoms with Gasteiger partial charge < -0.3 is 10.6 Å². The van der Waals surface area contributed by atoms with E-state index in [2.05, 4.69) is 26.6 Å². The van der Waals surface area contributed by atoms with Crippen LogP contribution in [-0.4, -0.2) is 11.8 Å². The van der Waals surface area contributed by atoms with E-state index in [4.69, 9.17) is 17.4 Å². The van der Waals surface area contributed by atoms with Crippen molar-refractivity contribution in [1.29, 1.82) is 0 Å². The Morgan fingerprint density at radius 1 is 1.06 bits per heavy atom. The molecule has 2 amide bonds. The monoisotopic (exact) mass is 554 g/mol. The van der Waals surface area contributed by atoms with Crippen LogP contribution in [0.15, 0.2) is 71.2 Å². The van der Waals surface area contributed by atoms with Crippen LogP contribution in [0.5, 0.6) is 0 Å². The number of carbonyl (C=O) groups is 2. The highest BCUT2D eigenvalue weighted by atomic mass is 79.9. The molecular weight excluding hydrogens is 537 g/mol. The van der Waals surface area contributed by atoms with Gasteiger partial charge in [-0.2, -0.15) is 13.2 Å². The summed E-state index contributed by atoms with van der Waals surface area (Å²) in [5.41, 5.74) is 3.88. The van der Waals surface area contributed by atoms with Gasteiger partial charge in [-0.3, -0.25) is 10.2 Å². The van der Waals surface area contributed by atoms with Crippen molar-refractivity contribution in [2.75, 3.05) is 10.6 Å². The fourth-order valence-electron chi connectivity index (χ4n) is 3.21. The first-order valence-corrected chi connectivity index (χ1v) is 11.0. The maximum absolute atomic E-state index is 12.2. The van der Waals surface area contributed by atoms with Gasteiger partial charge in [0.2, 0.25) is 0 Å². The topological polar surface area (TPSA) is 96.2 Å². The van der Waals surface area contributed by atoms with Gasteiger partial charge in [-0.15, -0.1) is 0 Å². The van der Waals surface area contributed by atoms with Gasteiger partial charge in [0.15, 0.2) is 5.78 Å². The summed E-state index contributed by atoms with van der Waals surface area (Å²) < 4.78 is 37.4. The first kappa shape index (κ1) is 25.5. The van der Waals surface area contributed by atoms with Crippen LogP contribution in [0.4, 0.5) is 29.3 Å². The van der Waals surface area contributed by atoms with Crippen LogP contribution in [0.3, 0.4) is 0 Å². The lowest BCUT2D eigenvalue weighted by atomic mass is 9.92. The largest absolute Gasteiger partial charge is 0.416 e. The smallest absolute Gasteiger partial charge is 0.377 e. The highest BCUT2D eigenvalue weighted by Gasteiger charge is 2.30. The molecule has 5 N–H and O–H groups in total. The van der Waals surface area contributed by atoms with Crippen molar-refractivity contribution < 1.29 is 22.8 Å². The van der Waals surface area contributed by atoms with Gasteiger partial charge in [-0.05, 0) is 60.2 Å². The van der Waals surface area contributed by atoms with Crippen LogP contribution in [0, 0.1) is 0 Å². The second kappa shape index (κ2) is 10.9. The SMILES string of the molecule is NNC(=O)Nc1ccc(C(F)(F)F)cc1.O=C1CC(c2ccc(Br)cc2)Nc2ccc(Cl)cc21. The van der Waals surface area contributed by atoms with Gasteiger partial charge in [0.1, 0.15) is 0 Å². The Balaban J connectivity index is 0.000000197. The van der Waals surface area contributed by atoms with E-state index in [9.17, 15) is 22.8 Å². The van der Waals surface area contributed by atoms with Crippen LogP contribution < -0.4 is 21.9 Å². The molecule has 4 rings (SSSR count). The summed E-state index contributed by atoms with van der Waals surface area (Å²) in [5.74, 6) is 4.91. The van der Waals surface area contributed by atoms with E-state index < -0.39 is 17.8 Å². The minimum Gasteiger partial charge on any atom is -0.377 e. The number of urea groups is 1. The third-order valence-electron chi connectivity index (χ3n) is 4.87. The standard InChI is InChI=1S/C15H11BrClNO.C8H8F3N3O/c16-10-3-1-9(2-4-10)14-8-15(19)12-7-11(17)5-6-13(12)18-14;9-8(10,11)5-1-3-6(4-2-5)13-7(15)14-12/h1-7,14,18H,8H2;1-4H,12H2,(H2,13,14,15). The number of ketones is 1. The number of anilines is 2. The highest BCUT2D eigenvalue weighted by molar-refractivity contribution is 9.10. The van der Waals surface area contributed by atoms with E-state index in [1.54, 1.807) is 17.6 Å². The van der Waals surface area contributed by atoms with E-state index in [1.165, 1.54) is 0 Å². The van der Waals surface area contributed by atoms with Gasteiger partial charge in [0, 0.05) is 32.9 Å². The zero-order valence-electron chi connectivity index (χ0n) is 17.4. The molecule has 3 aromatic rings. The Morgan fingerprint density at radius 3 is 2.29 bits per heavy atom. The summed E-state index contributed by atoms with van der Waals surface area (Å²) in [5, 5.41) is 6.22. The molecule has 0 aromatic heterocycles. The van der Waals surface area contributed by atoms with Gasteiger partial charge in [-0.1, -0.05) is 39.7 Å². The molecular formula is C23H19BrClF3N4O2. The number of halogens is 5. The Labute approximate surface area is 206 Å². The molecule has 1 unspecified atom stereocenters. The summed E-state index contributed by atoms with van der Waals surface area (Å²) in [6.45, 7) is 0. The Hall–Kier alpha value is -3.08. The number of nitrogens with two attached hydrogens (primary N) is 1. The number of hydrazine groups is 1. The van der Waals surface area contributed by atoms with E-state index in [1.807, 2.05) is 30.3 Å². The van der Waals surface area contributed by atoms with Crippen LogP contribution in [0.2, 0.25) is 5.02 Å². The minimum atomic E-state index is -4.38. The lowest BCUT2D eigenvalue weighted by molar-refractivity contribution is -0.137. The van der Waals surface area contributed by atoms with Crippen LogP contribution >= 0.6 is 27.5 Å². The molecule has 0 spiro atoms. The third-order valence-corrected chi connectivity index (χ3v) is 5.64. The zero-order chi connectivity index (χ0) is 24.9. The van der Waals surface area contributed by atoms with E-state index >= 15 is 0 Å². The number of amides is 2. The summed E-state index contributed by atoms with van der Waals surface area (Å²) in [6.07, 6.45) is -3.93. The summed E-state index contributed by atoms with van der Waals surface area (Å²) in [4.78, 5) is 22.9. The molecule has 1 atom stereocenters. The lowest BCUT2D eigenvalue weighted by Crippen LogP contribution is -2.34. The number of alkyl halides is 3. The molecule has 34 heavy (non-hydrogen) atoms.